The second-order valence-electron chi connectivity index (χ2n) is 7.67. The summed E-state index contributed by atoms with van der Waals surface area (Å²) in [4.78, 5) is 45.7. The fourth-order valence-corrected chi connectivity index (χ4v) is 5.79. The van der Waals surface area contributed by atoms with Gasteiger partial charge in [0.05, 0.1) is 41.4 Å². The van der Waals surface area contributed by atoms with Gasteiger partial charge in [0.25, 0.3) is 11.8 Å². The van der Waals surface area contributed by atoms with E-state index in [1.54, 1.807) is 24.3 Å². The number of anilines is 1. The molecule has 5 rings (SSSR count). The molecule has 35 heavy (non-hydrogen) atoms. The summed E-state index contributed by atoms with van der Waals surface area (Å²) < 4.78 is 0.881. The zero-order valence-corrected chi connectivity index (χ0v) is 21.4. The molecule has 1 aliphatic heterocycles. The van der Waals surface area contributed by atoms with Gasteiger partial charge in [0.1, 0.15) is 6.04 Å². The number of imide groups is 1. The topological polar surface area (TPSA) is 79.4 Å². The largest absolute Gasteiger partial charge is 0.300 e. The summed E-state index contributed by atoms with van der Waals surface area (Å²) in [6, 6.07) is 15.2. The van der Waals surface area contributed by atoms with Gasteiger partial charge in [-0.05, 0) is 17.7 Å². The molecule has 0 radical (unpaired) electrons. The predicted octanol–water partition coefficient (Wildman–Crippen LogP) is 6.76. The third-order valence-corrected chi connectivity index (χ3v) is 8.30. The molecule has 11 heteroatoms. The van der Waals surface area contributed by atoms with E-state index in [2.05, 4.69) is 10.3 Å². The van der Waals surface area contributed by atoms with Gasteiger partial charge in [0.15, 0.2) is 5.13 Å². The number of nitrogens with zero attached hydrogens (tertiary/aromatic N) is 2. The number of carbonyl (C=O) groups is 3. The molecule has 1 aromatic heterocycles. The normalized spacial score (nSPS) is 13.9. The molecule has 3 aromatic carbocycles. The van der Waals surface area contributed by atoms with Crippen LogP contribution in [0.2, 0.25) is 20.1 Å². The number of para-hydroxylation sites is 1. The molecule has 1 N–H and O–H groups in total. The first-order valence-electron chi connectivity index (χ1n) is 10.2. The Morgan fingerprint density at radius 3 is 2.03 bits per heavy atom. The van der Waals surface area contributed by atoms with Crippen LogP contribution in [-0.2, 0) is 11.2 Å². The molecule has 0 unspecified atom stereocenters. The van der Waals surface area contributed by atoms with Gasteiger partial charge in [-0.3, -0.25) is 19.3 Å². The SMILES string of the molecule is O=C(Nc1nc2ccccc2s1)[C@@H](Cc1ccccc1)N1C(=O)c2c(Cl)c(Cl)c(Cl)c(Cl)c2C1=O. The van der Waals surface area contributed by atoms with Crippen molar-refractivity contribution in [2.24, 2.45) is 0 Å². The molecule has 1 aliphatic rings. The summed E-state index contributed by atoms with van der Waals surface area (Å²) in [7, 11) is 0. The first-order chi connectivity index (χ1) is 16.8. The van der Waals surface area contributed by atoms with Crippen molar-refractivity contribution < 1.29 is 14.4 Å². The molecule has 0 bridgehead atoms. The Labute approximate surface area is 223 Å². The predicted molar refractivity (Wildman–Crippen MR) is 139 cm³/mol. The van der Waals surface area contributed by atoms with E-state index in [0.717, 1.165) is 20.7 Å². The summed E-state index contributed by atoms with van der Waals surface area (Å²) in [5, 5.41) is 2.43. The van der Waals surface area contributed by atoms with Crippen LogP contribution in [0.4, 0.5) is 5.13 Å². The van der Waals surface area contributed by atoms with E-state index in [1.807, 2.05) is 30.3 Å². The Kier molecular flexibility index (Phi) is 6.46. The van der Waals surface area contributed by atoms with Crippen molar-refractivity contribution in [1.82, 2.24) is 9.88 Å². The molecule has 0 aliphatic carbocycles. The number of halogens is 4. The van der Waals surface area contributed by atoms with Crippen LogP contribution in [0.15, 0.2) is 54.6 Å². The highest BCUT2D eigenvalue weighted by Gasteiger charge is 2.46. The molecule has 176 valence electrons. The summed E-state index contributed by atoms with van der Waals surface area (Å²) in [6.07, 6.45) is 0.0553. The summed E-state index contributed by atoms with van der Waals surface area (Å²) in [5.74, 6) is -2.15. The lowest BCUT2D eigenvalue weighted by atomic mass is 10.0. The van der Waals surface area contributed by atoms with E-state index in [9.17, 15) is 14.4 Å². The Balaban J connectivity index is 1.55. The lowest BCUT2D eigenvalue weighted by molar-refractivity contribution is -0.119. The Morgan fingerprint density at radius 1 is 0.857 bits per heavy atom. The Hall–Kier alpha value is -2.68. The minimum atomic E-state index is -1.22. The number of fused-ring (bicyclic) bond motifs is 2. The van der Waals surface area contributed by atoms with Crippen LogP contribution in [0.5, 0.6) is 0 Å². The average Bonchev–Trinajstić information content (AvgIpc) is 3.37. The summed E-state index contributed by atoms with van der Waals surface area (Å²) in [6.45, 7) is 0. The highest BCUT2D eigenvalue weighted by molar-refractivity contribution is 7.22. The van der Waals surface area contributed by atoms with Crippen LogP contribution in [0.25, 0.3) is 10.2 Å². The highest BCUT2D eigenvalue weighted by atomic mass is 35.5. The smallest absolute Gasteiger partial charge is 0.263 e. The number of amides is 3. The minimum Gasteiger partial charge on any atom is -0.300 e. The first kappa shape index (κ1) is 24.0. The fourth-order valence-electron chi connectivity index (χ4n) is 3.90. The molecule has 1 atom stereocenters. The molecule has 4 aromatic rings. The van der Waals surface area contributed by atoms with Crippen molar-refractivity contribution in [3.63, 3.8) is 0 Å². The third kappa shape index (κ3) is 4.17. The van der Waals surface area contributed by atoms with E-state index in [1.165, 1.54) is 11.3 Å². The van der Waals surface area contributed by atoms with Crippen molar-refractivity contribution >= 4 is 90.8 Å². The van der Waals surface area contributed by atoms with Crippen LogP contribution in [-0.4, -0.2) is 33.6 Å². The second-order valence-corrected chi connectivity index (χ2v) is 10.2. The maximum absolute atomic E-state index is 13.5. The number of carbonyl (C=O) groups excluding carboxylic acids is 3. The van der Waals surface area contributed by atoms with E-state index >= 15 is 0 Å². The molecule has 3 amide bonds. The first-order valence-corrected chi connectivity index (χ1v) is 12.5. The van der Waals surface area contributed by atoms with E-state index in [0.29, 0.717) is 5.13 Å². The van der Waals surface area contributed by atoms with Gasteiger partial charge in [0.2, 0.25) is 5.91 Å². The van der Waals surface area contributed by atoms with Gasteiger partial charge in [-0.15, -0.1) is 0 Å². The van der Waals surface area contributed by atoms with Gasteiger partial charge < -0.3 is 5.32 Å². The molecule has 2 heterocycles. The third-order valence-electron chi connectivity index (χ3n) is 5.54. The minimum absolute atomic E-state index is 0.0553. The zero-order chi connectivity index (χ0) is 24.9. The fraction of sp³-hybridized carbons (Fsp3) is 0.0833. The van der Waals surface area contributed by atoms with Crippen molar-refractivity contribution in [2.45, 2.75) is 12.5 Å². The molecular formula is C24H13Cl4N3O3S. The van der Waals surface area contributed by atoms with Gasteiger partial charge >= 0.3 is 0 Å². The van der Waals surface area contributed by atoms with Crippen molar-refractivity contribution in [3.05, 3.63) is 91.4 Å². The van der Waals surface area contributed by atoms with E-state index < -0.39 is 23.8 Å². The van der Waals surface area contributed by atoms with Crippen LogP contribution >= 0.6 is 57.7 Å². The standard InChI is InChI=1S/C24H13Cl4N3O3S/c25-17-15-16(18(26)20(28)19(17)27)23(34)31(22(15)33)13(10-11-6-2-1-3-7-11)21(32)30-24-29-12-8-4-5-9-14(12)35-24/h1-9,13H,10H2,(H,29,30,32)/t13-/m1/s1. The number of rotatable bonds is 5. The molecule has 0 spiro atoms. The number of hydrogen-bond acceptors (Lipinski definition) is 5. The maximum atomic E-state index is 13.5. The quantitative estimate of drug-likeness (QED) is 0.165. The van der Waals surface area contributed by atoms with Crippen molar-refractivity contribution in [2.75, 3.05) is 5.32 Å². The molecular weight excluding hydrogens is 552 g/mol. The number of aromatic nitrogens is 1. The zero-order valence-electron chi connectivity index (χ0n) is 17.5. The number of hydrogen-bond donors (Lipinski definition) is 1. The van der Waals surface area contributed by atoms with Gasteiger partial charge in [-0.25, -0.2) is 4.98 Å². The second kappa shape index (κ2) is 9.41. The molecule has 0 saturated heterocycles. The number of nitrogens with one attached hydrogen (secondary N) is 1. The van der Waals surface area contributed by atoms with E-state index in [-0.39, 0.29) is 37.6 Å². The van der Waals surface area contributed by atoms with Crippen LogP contribution in [0.3, 0.4) is 0 Å². The van der Waals surface area contributed by atoms with Crippen molar-refractivity contribution in [1.29, 1.82) is 0 Å². The number of benzene rings is 3. The number of thiazole rings is 1. The van der Waals surface area contributed by atoms with Gasteiger partial charge in [-0.1, -0.05) is 100 Å². The molecule has 6 nitrogen and oxygen atoms in total. The average molecular weight is 565 g/mol. The summed E-state index contributed by atoms with van der Waals surface area (Å²) in [5.41, 5.74) is 1.10. The van der Waals surface area contributed by atoms with Crippen LogP contribution in [0.1, 0.15) is 26.3 Å². The lowest BCUT2D eigenvalue weighted by Gasteiger charge is -2.25. The molecule has 0 saturated carbocycles. The Bertz CT molecular complexity index is 1440. The monoisotopic (exact) mass is 563 g/mol. The van der Waals surface area contributed by atoms with Crippen molar-refractivity contribution in [3.8, 4) is 0 Å². The van der Waals surface area contributed by atoms with Gasteiger partial charge in [0, 0.05) is 6.42 Å². The highest BCUT2D eigenvalue weighted by Crippen LogP contribution is 2.45. The Morgan fingerprint density at radius 2 is 1.43 bits per heavy atom. The molecule has 0 fully saturated rings. The van der Waals surface area contributed by atoms with Gasteiger partial charge in [-0.2, -0.15) is 0 Å². The maximum Gasteiger partial charge on any atom is 0.263 e. The summed E-state index contributed by atoms with van der Waals surface area (Å²) >= 11 is 26.1. The van der Waals surface area contributed by atoms with E-state index in [4.69, 9.17) is 46.4 Å². The van der Waals surface area contributed by atoms with Crippen LogP contribution in [0, 0.1) is 0 Å². The van der Waals surface area contributed by atoms with Crippen LogP contribution < -0.4 is 5.32 Å². The lowest BCUT2D eigenvalue weighted by Crippen LogP contribution is -2.48.